The minimum absolute atomic E-state index is 0.527. The van der Waals surface area contributed by atoms with Crippen LogP contribution in [0.15, 0.2) is 78.9 Å². The van der Waals surface area contributed by atoms with Gasteiger partial charge >= 0.3 is 0 Å². The van der Waals surface area contributed by atoms with Crippen LogP contribution in [0.2, 0.25) is 0 Å². The van der Waals surface area contributed by atoms with E-state index in [1.165, 1.54) is 60.8 Å². The molecule has 0 saturated heterocycles. The van der Waals surface area contributed by atoms with Crippen LogP contribution in [0.3, 0.4) is 0 Å². The van der Waals surface area contributed by atoms with Crippen molar-refractivity contribution in [3.63, 3.8) is 0 Å². The van der Waals surface area contributed by atoms with Crippen molar-refractivity contribution in [2.24, 2.45) is 11.8 Å². The van der Waals surface area contributed by atoms with Gasteiger partial charge in [-0.25, -0.2) is 0 Å². The number of benzene rings is 3. The van der Waals surface area contributed by atoms with Crippen LogP contribution in [0.4, 0.5) is 0 Å². The summed E-state index contributed by atoms with van der Waals surface area (Å²) in [6.07, 6.45) is 13.6. The van der Waals surface area contributed by atoms with E-state index in [2.05, 4.69) is 105 Å². The second-order valence-electron chi connectivity index (χ2n) is 10.1. The fourth-order valence-electron chi connectivity index (χ4n) is 5.19. The van der Waals surface area contributed by atoms with Gasteiger partial charge in [0.15, 0.2) is 0 Å². The molecule has 0 bridgehead atoms. The topological polar surface area (TPSA) is 9.23 Å². The van der Waals surface area contributed by atoms with Crippen LogP contribution in [0.5, 0.6) is 5.75 Å². The van der Waals surface area contributed by atoms with Crippen LogP contribution in [0.1, 0.15) is 80.5 Å². The Kier molecular flexibility index (Phi) is 9.02. The molecular weight excluding hydrogens is 412 g/mol. The lowest BCUT2D eigenvalue weighted by Crippen LogP contribution is -2.20. The molecule has 34 heavy (non-hydrogen) atoms. The molecule has 0 aromatic heterocycles. The molecule has 3 aromatic carbocycles. The molecule has 1 aliphatic rings. The summed E-state index contributed by atoms with van der Waals surface area (Å²) in [5.41, 5.74) is 5.22. The summed E-state index contributed by atoms with van der Waals surface area (Å²) >= 11 is 0. The average Bonchev–Trinajstić information content (AvgIpc) is 2.89. The highest BCUT2D eigenvalue weighted by Crippen LogP contribution is 2.32. The maximum atomic E-state index is 6.11. The summed E-state index contributed by atoms with van der Waals surface area (Å²) in [6, 6.07) is 28.2. The van der Waals surface area contributed by atoms with Gasteiger partial charge in [0, 0.05) is 0 Å². The second-order valence-corrected chi connectivity index (χ2v) is 10.1. The summed E-state index contributed by atoms with van der Waals surface area (Å²) in [5, 5.41) is 0. The number of rotatable bonds is 10. The van der Waals surface area contributed by atoms with E-state index < -0.39 is 0 Å². The van der Waals surface area contributed by atoms with E-state index in [1.807, 2.05) is 0 Å². The van der Waals surface area contributed by atoms with E-state index in [9.17, 15) is 0 Å². The number of hydrogen-bond acceptors (Lipinski definition) is 1. The van der Waals surface area contributed by atoms with E-state index in [4.69, 9.17) is 4.74 Å². The zero-order chi connectivity index (χ0) is 23.6. The fraction of sp³-hybridized carbons (Fsp3) is 0.394. The maximum Gasteiger partial charge on any atom is 0.119 e. The Morgan fingerprint density at radius 1 is 0.765 bits per heavy atom. The van der Waals surface area contributed by atoms with Crippen LogP contribution in [0, 0.1) is 11.8 Å². The van der Waals surface area contributed by atoms with E-state index in [1.54, 1.807) is 0 Å². The van der Waals surface area contributed by atoms with E-state index in [0.717, 1.165) is 30.6 Å². The second kappa shape index (κ2) is 12.6. The third kappa shape index (κ3) is 7.35. The normalized spacial score (nSPS) is 19.2. The number of hydrogen-bond donors (Lipinski definition) is 0. The lowest BCUT2D eigenvalue weighted by atomic mass is 9.80. The molecule has 0 radical (unpaired) electrons. The molecule has 0 aliphatic heterocycles. The molecule has 0 spiro atoms. The van der Waals surface area contributed by atoms with Gasteiger partial charge in [0.05, 0.1) is 6.61 Å². The largest absolute Gasteiger partial charge is 0.493 e. The van der Waals surface area contributed by atoms with Gasteiger partial charge < -0.3 is 4.74 Å². The van der Waals surface area contributed by atoms with Crippen LogP contribution in [-0.4, -0.2) is 6.61 Å². The molecule has 1 nitrogen and oxygen atoms in total. The molecule has 4 rings (SSSR count). The molecule has 1 aliphatic carbocycles. The van der Waals surface area contributed by atoms with Crippen molar-refractivity contribution in [2.45, 2.75) is 64.7 Å². The Morgan fingerprint density at radius 2 is 1.35 bits per heavy atom. The van der Waals surface area contributed by atoms with E-state index in [0.29, 0.717) is 5.92 Å². The molecule has 1 fully saturated rings. The van der Waals surface area contributed by atoms with Gasteiger partial charge in [0.2, 0.25) is 0 Å². The van der Waals surface area contributed by atoms with Crippen molar-refractivity contribution in [2.75, 3.05) is 6.61 Å². The highest BCUT2D eigenvalue weighted by molar-refractivity contribution is 5.69. The Morgan fingerprint density at radius 3 is 1.97 bits per heavy atom. The van der Waals surface area contributed by atoms with Gasteiger partial charge in [-0.1, -0.05) is 118 Å². The van der Waals surface area contributed by atoms with Crippen molar-refractivity contribution >= 4 is 12.2 Å². The van der Waals surface area contributed by atoms with Crippen molar-refractivity contribution in [1.82, 2.24) is 0 Å². The van der Waals surface area contributed by atoms with Crippen molar-refractivity contribution in [3.05, 3.63) is 101 Å². The first-order valence-electron chi connectivity index (χ1n) is 13.2. The van der Waals surface area contributed by atoms with E-state index in [-0.39, 0.29) is 0 Å². The molecule has 178 valence electrons. The van der Waals surface area contributed by atoms with Crippen LogP contribution in [-0.2, 0) is 6.42 Å². The molecule has 1 saturated carbocycles. The Balaban J connectivity index is 1.23. The lowest BCUT2D eigenvalue weighted by molar-refractivity contribution is 0.178. The SMILES string of the molecule is CCCC1CCC(COc2ccc(/C=C/c3ccc(CC(C)c4ccccc4)cc3)cc2)CC1. The summed E-state index contributed by atoms with van der Waals surface area (Å²) in [6.45, 7) is 5.47. The molecule has 1 unspecified atom stereocenters. The molecule has 0 amide bonds. The zero-order valence-corrected chi connectivity index (χ0v) is 21.0. The van der Waals surface area contributed by atoms with Crippen molar-refractivity contribution in [3.8, 4) is 5.75 Å². The predicted molar refractivity (Wildman–Crippen MR) is 146 cm³/mol. The molecule has 0 N–H and O–H groups in total. The van der Waals surface area contributed by atoms with Gasteiger partial charge in [-0.3, -0.25) is 0 Å². The Bertz CT molecular complexity index is 993. The minimum Gasteiger partial charge on any atom is -0.493 e. The Hall–Kier alpha value is -2.80. The monoisotopic (exact) mass is 452 g/mol. The average molecular weight is 453 g/mol. The van der Waals surface area contributed by atoms with E-state index >= 15 is 0 Å². The van der Waals surface area contributed by atoms with Crippen LogP contribution in [0.25, 0.3) is 12.2 Å². The van der Waals surface area contributed by atoms with Crippen molar-refractivity contribution < 1.29 is 4.74 Å². The standard InChI is InChI=1S/C33H40O/c1-3-7-27-14-18-31(19-15-27)25-34-33-22-20-29(21-23-33)11-10-28-12-16-30(17-13-28)24-26(2)32-8-5-4-6-9-32/h4-6,8-13,16-17,20-23,26-27,31H,3,7,14-15,18-19,24-25H2,1-2H3/b11-10+. The summed E-state index contributed by atoms with van der Waals surface area (Å²) < 4.78 is 6.11. The van der Waals surface area contributed by atoms with Gasteiger partial charge in [-0.15, -0.1) is 0 Å². The molecule has 0 heterocycles. The summed E-state index contributed by atoms with van der Waals surface area (Å²) in [4.78, 5) is 0. The molecule has 3 aromatic rings. The molecule has 1 heteroatoms. The fourth-order valence-corrected chi connectivity index (χ4v) is 5.19. The first-order valence-corrected chi connectivity index (χ1v) is 13.2. The third-order valence-corrected chi connectivity index (χ3v) is 7.39. The predicted octanol–water partition coefficient (Wildman–Crippen LogP) is 9.19. The first-order chi connectivity index (χ1) is 16.7. The maximum absolute atomic E-state index is 6.11. The zero-order valence-electron chi connectivity index (χ0n) is 21.0. The highest BCUT2D eigenvalue weighted by Gasteiger charge is 2.20. The summed E-state index contributed by atoms with van der Waals surface area (Å²) in [5.74, 6) is 3.21. The highest BCUT2D eigenvalue weighted by atomic mass is 16.5. The molecule has 1 atom stereocenters. The first kappa shape index (κ1) is 24.3. The summed E-state index contributed by atoms with van der Waals surface area (Å²) in [7, 11) is 0. The Labute approximate surface area is 206 Å². The van der Waals surface area contributed by atoms with Gasteiger partial charge in [0.25, 0.3) is 0 Å². The third-order valence-electron chi connectivity index (χ3n) is 7.39. The van der Waals surface area contributed by atoms with Crippen molar-refractivity contribution in [1.29, 1.82) is 0 Å². The number of ether oxygens (including phenoxy) is 1. The minimum atomic E-state index is 0.527. The quantitative estimate of drug-likeness (QED) is 0.279. The smallest absolute Gasteiger partial charge is 0.119 e. The van der Waals surface area contributed by atoms with Gasteiger partial charge in [-0.05, 0) is 71.4 Å². The van der Waals surface area contributed by atoms with Crippen LogP contribution >= 0.6 is 0 Å². The van der Waals surface area contributed by atoms with Gasteiger partial charge in [-0.2, -0.15) is 0 Å². The molecular formula is C33H40O. The van der Waals surface area contributed by atoms with Gasteiger partial charge in [0.1, 0.15) is 5.75 Å². The van der Waals surface area contributed by atoms with Crippen LogP contribution < -0.4 is 4.74 Å². The lowest BCUT2D eigenvalue weighted by Gasteiger charge is -2.28.